The molecule has 2 rings (SSSR count). The third kappa shape index (κ3) is 6.74. The molecular weight excluding hydrogens is 376 g/mol. The maximum absolute atomic E-state index is 12.4. The quantitative estimate of drug-likeness (QED) is 0.689. The molecule has 10 nitrogen and oxygen atoms in total. The number of hydrogen-bond acceptors (Lipinski definition) is 8. The fourth-order valence-corrected chi connectivity index (χ4v) is 2.18. The number of ether oxygens (including phenoxy) is 1. The Balaban J connectivity index is 1.92. The first-order valence-corrected chi connectivity index (χ1v) is 9.22. The SMILES string of the molecule is CC(C)(C)OC(=O)NCCc1cc(C(=O)Nc2cnc(C(C)(C)C)nc2N)no1. The number of rotatable bonds is 5. The number of nitrogens with zero attached hydrogens (tertiary/aromatic N) is 3. The summed E-state index contributed by atoms with van der Waals surface area (Å²) in [4.78, 5) is 32.5. The molecule has 0 aromatic carbocycles. The molecule has 29 heavy (non-hydrogen) atoms. The van der Waals surface area contributed by atoms with E-state index in [9.17, 15) is 9.59 Å². The summed E-state index contributed by atoms with van der Waals surface area (Å²) in [6.45, 7) is 11.5. The van der Waals surface area contributed by atoms with Crippen LogP contribution >= 0.6 is 0 Å². The number of amides is 2. The molecule has 2 amide bonds. The summed E-state index contributed by atoms with van der Waals surface area (Å²) in [5.74, 6) is 0.690. The molecule has 0 unspecified atom stereocenters. The van der Waals surface area contributed by atoms with Gasteiger partial charge in [-0.2, -0.15) is 0 Å². The van der Waals surface area contributed by atoms with Crippen LogP contribution < -0.4 is 16.4 Å². The molecular formula is C19H28N6O4. The van der Waals surface area contributed by atoms with Crippen LogP contribution in [0.3, 0.4) is 0 Å². The molecule has 0 atom stereocenters. The predicted octanol–water partition coefficient (Wildman–Crippen LogP) is 2.66. The van der Waals surface area contributed by atoms with E-state index in [1.807, 2.05) is 20.8 Å². The summed E-state index contributed by atoms with van der Waals surface area (Å²) in [7, 11) is 0. The van der Waals surface area contributed by atoms with Crippen molar-refractivity contribution in [2.24, 2.45) is 0 Å². The summed E-state index contributed by atoms with van der Waals surface area (Å²) < 4.78 is 10.3. The monoisotopic (exact) mass is 404 g/mol. The van der Waals surface area contributed by atoms with Crippen molar-refractivity contribution in [2.75, 3.05) is 17.6 Å². The van der Waals surface area contributed by atoms with Gasteiger partial charge in [0.25, 0.3) is 5.91 Å². The van der Waals surface area contributed by atoms with Crippen LogP contribution in [0.15, 0.2) is 16.8 Å². The van der Waals surface area contributed by atoms with Crippen LogP contribution in [-0.2, 0) is 16.6 Å². The van der Waals surface area contributed by atoms with Crippen molar-refractivity contribution in [3.63, 3.8) is 0 Å². The number of carbonyl (C=O) groups is 2. The van der Waals surface area contributed by atoms with Gasteiger partial charge in [0, 0.05) is 24.4 Å². The van der Waals surface area contributed by atoms with Gasteiger partial charge in [0.2, 0.25) is 0 Å². The fraction of sp³-hybridized carbons (Fsp3) is 0.526. The molecule has 0 aliphatic rings. The third-order valence-corrected chi connectivity index (χ3v) is 3.57. The van der Waals surface area contributed by atoms with E-state index in [4.69, 9.17) is 15.0 Å². The van der Waals surface area contributed by atoms with Crippen molar-refractivity contribution in [3.05, 3.63) is 29.5 Å². The lowest BCUT2D eigenvalue weighted by molar-refractivity contribution is 0.0527. The Bertz CT molecular complexity index is 880. The van der Waals surface area contributed by atoms with Crippen LogP contribution in [0, 0.1) is 0 Å². The average Bonchev–Trinajstić information content (AvgIpc) is 3.03. The Morgan fingerprint density at radius 1 is 1.21 bits per heavy atom. The second-order valence-corrected chi connectivity index (χ2v) is 8.55. The largest absolute Gasteiger partial charge is 0.444 e. The van der Waals surface area contributed by atoms with E-state index in [2.05, 4.69) is 25.8 Å². The van der Waals surface area contributed by atoms with Crippen LogP contribution in [-0.4, -0.2) is 39.3 Å². The van der Waals surface area contributed by atoms with Crippen molar-refractivity contribution in [1.82, 2.24) is 20.4 Å². The second kappa shape index (κ2) is 8.46. The summed E-state index contributed by atoms with van der Waals surface area (Å²) in [5.41, 5.74) is 5.47. The third-order valence-electron chi connectivity index (χ3n) is 3.57. The molecule has 0 spiro atoms. The molecule has 0 fully saturated rings. The van der Waals surface area contributed by atoms with Gasteiger partial charge in [0.05, 0.1) is 6.20 Å². The standard InChI is InChI=1S/C19H28N6O4/c1-18(2,3)16-22-10-13(14(20)24-16)23-15(26)12-9-11(29-25-12)7-8-21-17(27)28-19(4,5)6/h9-10H,7-8H2,1-6H3,(H,21,27)(H,23,26)(H2,20,22,24). The van der Waals surface area contributed by atoms with Gasteiger partial charge in [0.15, 0.2) is 11.5 Å². The molecule has 2 aromatic rings. The zero-order valence-corrected chi connectivity index (χ0v) is 17.6. The number of nitrogens with two attached hydrogens (primary N) is 1. The number of nitrogen functional groups attached to an aromatic ring is 1. The molecule has 0 aliphatic carbocycles. The van der Waals surface area contributed by atoms with Gasteiger partial charge >= 0.3 is 6.09 Å². The predicted molar refractivity (Wildman–Crippen MR) is 108 cm³/mol. The minimum atomic E-state index is -0.571. The molecule has 4 N–H and O–H groups in total. The maximum atomic E-state index is 12.4. The lowest BCUT2D eigenvalue weighted by atomic mass is 9.96. The molecule has 2 heterocycles. The van der Waals surface area contributed by atoms with Crippen LogP contribution in [0.2, 0.25) is 0 Å². The van der Waals surface area contributed by atoms with Gasteiger partial charge in [-0.3, -0.25) is 4.79 Å². The number of hydrogen-bond donors (Lipinski definition) is 3. The van der Waals surface area contributed by atoms with Crippen molar-refractivity contribution < 1.29 is 18.8 Å². The van der Waals surface area contributed by atoms with Gasteiger partial charge in [-0.15, -0.1) is 0 Å². The van der Waals surface area contributed by atoms with Crippen LogP contribution in [0.5, 0.6) is 0 Å². The van der Waals surface area contributed by atoms with Crippen molar-refractivity contribution >= 4 is 23.5 Å². The van der Waals surface area contributed by atoms with Gasteiger partial charge in [-0.1, -0.05) is 25.9 Å². The summed E-state index contributed by atoms with van der Waals surface area (Å²) in [5, 5.41) is 8.97. The van der Waals surface area contributed by atoms with Crippen molar-refractivity contribution in [3.8, 4) is 0 Å². The highest BCUT2D eigenvalue weighted by Gasteiger charge is 2.20. The highest BCUT2D eigenvalue weighted by atomic mass is 16.6. The van der Waals surface area contributed by atoms with Crippen LogP contribution in [0.1, 0.15) is 63.6 Å². The van der Waals surface area contributed by atoms with Gasteiger partial charge < -0.3 is 25.6 Å². The van der Waals surface area contributed by atoms with Crippen LogP contribution in [0.4, 0.5) is 16.3 Å². The zero-order chi connectivity index (χ0) is 21.8. The van der Waals surface area contributed by atoms with Gasteiger partial charge in [-0.25, -0.2) is 14.8 Å². The summed E-state index contributed by atoms with van der Waals surface area (Å²) in [6.07, 6.45) is 1.29. The fourth-order valence-electron chi connectivity index (χ4n) is 2.18. The Morgan fingerprint density at radius 3 is 2.48 bits per heavy atom. The molecule has 2 aromatic heterocycles. The highest BCUT2D eigenvalue weighted by molar-refractivity contribution is 6.04. The second-order valence-electron chi connectivity index (χ2n) is 8.55. The molecule has 158 valence electrons. The topological polar surface area (TPSA) is 145 Å². The Morgan fingerprint density at radius 2 is 1.90 bits per heavy atom. The first-order chi connectivity index (χ1) is 13.3. The molecule has 0 aliphatic heterocycles. The van der Waals surface area contributed by atoms with E-state index in [0.717, 1.165) is 0 Å². The van der Waals surface area contributed by atoms with E-state index < -0.39 is 17.6 Å². The van der Waals surface area contributed by atoms with E-state index >= 15 is 0 Å². The average molecular weight is 404 g/mol. The normalized spacial score (nSPS) is 11.8. The van der Waals surface area contributed by atoms with E-state index in [1.165, 1.54) is 12.3 Å². The lowest BCUT2D eigenvalue weighted by Gasteiger charge is -2.19. The molecule has 10 heteroatoms. The lowest BCUT2D eigenvalue weighted by Crippen LogP contribution is -2.33. The van der Waals surface area contributed by atoms with Gasteiger partial charge in [0.1, 0.15) is 22.9 Å². The number of nitrogens with one attached hydrogen (secondary N) is 2. The maximum Gasteiger partial charge on any atom is 0.407 e. The number of anilines is 2. The number of carbonyl (C=O) groups excluding carboxylic acids is 2. The number of alkyl carbamates (subject to hydrolysis) is 1. The Labute approximate surface area is 169 Å². The highest BCUT2D eigenvalue weighted by Crippen LogP contribution is 2.22. The first-order valence-electron chi connectivity index (χ1n) is 9.22. The van der Waals surface area contributed by atoms with E-state index in [1.54, 1.807) is 20.8 Å². The molecule has 0 saturated heterocycles. The minimum Gasteiger partial charge on any atom is -0.444 e. The van der Waals surface area contributed by atoms with Crippen molar-refractivity contribution in [1.29, 1.82) is 0 Å². The first kappa shape index (κ1) is 22.1. The van der Waals surface area contributed by atoms with E-state index in [0.29, 0.717) is 23.7 Å². The van der Waals surface area contributed by atoms with E-state index in [-0.39, 0.29) is 23.5 Å². The molecule has 0 radical (unpaired) electrons. The molecule has 0 bridgehead atoms. The Hall–Kier alpha value is -3.17. The minimum absolute atomic E-state index is 0.0802. The summed E-state index contributed by atoms with van der Waals surface area (Å²) >= 11 is 0. The molecule has 0 saturated carbocycles. The van der Waals surface area contributed by atoms with Crippen LogP contribution in [0.25, 0.3) is 0 Å². The van der Waals surface area contributed by atoms with Gasteiger partial charge in [-0.05, 0) is 20.8 Å². The smallest absolute Gasteiger partial charge is 0.407 e. The Kier molecular flexibility index (Phi) is 6.45. The summed E-state index contributed by atoms with van der Waals surface area (Å²) in [6, 6.07) is 1.49. The number of aromatic nitrogens is 3. The van der Waals surface area contributed by atoms with Crippen molar-refractivity contribution in [2.45, 2.75) is 59.0 Å². The zero-order valence-electron chi connectivity index (χ0n) is 17.6.